The molecule has 0 unspecified atom stereocenters. The summed E-state index contributed by atoms with van der Waals surface area (Å²) < 4.78 is 0. The lowest BCUT2D eigenvalue weighted by atomic mass is 9.82. The lowest BCUT2D eigenvalue weighted by Crippen LogP contribution is -2.18. The molecule has 1 aromatic rings. The van der Waals surface area contributed by atoms with Gasteiger partial charge < -0.3 is 0 Å². The normalized spacial score (nSPS) is 8.50. The summed E-state index contributed by atoms with van der Waals surface area (Å²) in [5.74, 6) is 0. The van der Waals surface area contributed by atoms with Gasteiger partial charge in [-0.1, -0.05) is 23.1 Å². The van der Waals surface area contributed by atoms with Crippen molar-refractivity contribution in [1.29, 1.82) is 10.5 Å². The molecular weight excluding hydrogens is 146 g/mol. The van der Waals surface area contributed by atoms with E-state index >= 15 is 0 Å². The summed E-state index contributed by atoms with van der Waals surface area (Å²) >= 11 is 0. The van der Waals surface area contributed by atoms with E-state index in [2.05, 4.69) is 0 Å². The summed E-state index contributed by atoms with van der Waals surface area (Å²) in [7, 11) is 10.9. The lowest BCUT2D eigenvalue weighted by molar-refractivity contribution is 1.48. The molecule has 0 aliphatic heterocycles. The van der Waals surface area contributed by atoms with E-state index in [9.17, 15) is 0 Å². The van der Waals surface area contributed by atoms with Crippen molar-refractivity contribution >= 4 is 26.6 Å². The molecule has 0 aliphatic carbocycles. The minimum absolute atomic E-state index is 0.281. The molecule has 2 nitrogen and oxygen atoms in total. The largest absolute Gasteiger partial charge is 0.192 e. The number of benzene rings is 1. The van der Waals surface area contributed by atoms with Crippen LogP contribution in [0.4, 0.5) is 0 Å². The molecule has 0 saturated heterocycles. The van der Waals surface area contributed by atoms with Gasteiger partial charge in [0.15, 0.2) is 0 Å². The Balaban J connectivity index is 3.41. The zero-order valence-corrected chi connectivity index (χ0v) is 6.20. The van der Waals surface area contributed by atoms with E-state index in [1.54, 1.807) is 0 Å². The second-order valence-electron chi connectivity index (χ2n) is 2.25. The molecule has 1 rings (SSSR count). The summed E-state index contributed by atoms with van der Waals surface area (Å²) in [5.41, 5.74) is 1.16. The molecule has 4 radical (unpaired) electrons. The van der Waals surface area contributed by atoms with E-state index in [4.69, 9.17) is 26.2 Å². The van der Waals surface area contributed by atoms with Crippen molar-refractivity contribution in [2.24, 2.45) is 0 Å². The van der Waals surface area contributed by atoms with Crippen LogP contribution in [0.1, 0.15) is 11.1 Å². The van der Waals surface area contributed by atoms with Crippen molar-refractivity contribution in [2.45, 2.75) is 0 Å². The highest BCUT2D eigenvalue weighted by Gasteiger charge is 2.01. The van der Waals surface area contributed by atoms with Gasteiger partial charge in [-0.3, -0.25) is 0 Å². The topological polar surface area (TPSA) is 47.6 Å². The SMILES string of the molecule is [B]c1cc(C#N)c([B])cc1C#N. The minimum Gasteiger partial charge on any atom is -0.192 e. The smallest absolute Gasteiger partial charge is 0.115 e. The third-order valence-corrected chi connectivity index (χ3v) is 1.46. The van der Waals surface area contributed by atoms with Gasteiger partial charge in [0.2, 0.25) is 0 Å². The summed E-state index contributed by atoms with van der Waals surface area (Å²) in [4.78, 5) is 0. The fourth-order valence-corrected chi connectivity index (χ4v) is 0.827. The standard InChI is InChI=1S/C8H2B2N2/c9-7-1-5(3-11)8(10)2-6(7)4-12/h1-2H. The van der Waals surface area contributed by atoms with Crippen molar-refractivity contribution < 1.29 is 0 Å². The Morgan fingerprint density at radius 3 is 1.50 bits per heavy atom. The van der Waals surface area contributed by atoms with Gasteiger partial charge in [0.25, 0.3) is 0 Å². The Morgan fingerprint density at radius 1 is 0.917 bits per heavy atom. The Morgan fingerprint density at radius 2 is 1.25 bits per heavy atom. The monoisotopic (exact) mass is 148 g/mol. The molecule has 0 heterocycles. The molecule has 12 heavy (non-hydrogen) atoms. The van der Waals surface area contributed by atoms with Gasteiger partial charge >= 0.3 is 0 Å². The van der Waals surface area contributed by atoms with E-state index in [0.29, 0.717) is 11.1 Å². The number of nitrogens with zero attached hydrogens (tertiary/aromatic N) is 2. The predicted molar refractivity (Wildman–Crippen MR) is 46.6 cm³/mol. The zero-order chi connectivity index (χ0) is 9.14. The lowest BCUT2D eigenvalue weighted by Gasteiger charge is -2.01. The van der Waals surface area contributed by atoms with Crippen molar-refractivity contribution in [3.05, 3.63) is 23.3 Å². The van der Waals surface area contributed by atoms with Crippen molar-refractivity contribution in [1.82, 2.24) is 0 Å². The van der Waals surface area contributed by atoms with Crippen LogP contribution in [0.2, 0.25) is 0 Å². The van der Waals surface area contributed by atoms with Crippen LogP contribution in [0.3, 0.4) is 0 Å². The highest BCUT2D eigenvalue weighted by atomic mass is 14.3. The molecule has 0 spiro atoms. The van der Waals surface area contributed by atoms with Crippen molar-refractivity contribution in [2.75, 3.05) is 0 Å². The maximum atomic E-state index is 8.54. The molecular formula is C8H2B2N2. The van der Waals surface area contributed by atoms with Crippen LogP contribution in [-0.4, -0.2) is 15.7 Å². The predicted octanol–water partition coefficient (Wildman–Crippen LogP) is -0.982. The third-order valence-electron chi connectivity index (χ3n) is 1.46. The summed E-state index contributed by atoms with van der Waals surface area (Å²) in [6.45, 7) is 0. The summed E-state index contributed by atoms with van der Waals surface area (Å²) in [5, 5.41) is 17.1. The Bertz CT molecular complexity index is 359. The average molecular weight is 148 g/mol. The molecule has 0 saturated carbocycles. The molecule has 0 N–H and O–H groups in total. The highest BCUT2D eigenvalue weighted by Crippen LogP contribution is 1.94. The maximum Gasteiger partial charge on any atom is 0.115 e. The molecule has 0 fully saturated rings. The number of hydrogen-bond donors (Lipinski definition) is 0. The van der Waals surface area contributed by atoms with Gasteiger partial charge in [-0.15, -0.1) is 0 Å². The zero-order valence-electron chi connectivity index (χ0n) is 6.20. The van der Waals surface area contributed by atoms with Crippen LogP contribution in [0, 0.1) is 22.7 Å². The highest BCUT2D eigenvalue weighted by molar-refractivity contribution is 6.37. The molecule has 0 aliphatic rings. The minimum atomic E-state index is 0.281. The quantitative estimate of drug-likeness (QED) is 0.443. The first kappa shape index (κ1) is 8.43. The second kappa shape index (κ2) is 3.15. The van der Waals surface area contributed by atoms with E-state index < -0.39 is 0 Å². The Labute approximate surface area is 73.3 Å². The first-order valence-electron chi connectivity index (χ1n) is 3.18. The van der Waals surface area contributed by atoms with Crippen LogP contribution in [-0.2, 0) is 0 Å². The second-order valence-corrected chi connectivity index (χ2v) is 2.25. The van der Waals surface area contributed by atoms with E-state index in [1.165, 1.54) is 12.1 Å². The molecule has 0 atom stereocenters. The number of nitriles is 2. The van der Waals surface area contributed by atoms with Gasteiger partial charge in [0.05, 0.1) is 12.1 Å². The maximum absolute atomic E-state index is 8.54. The van der Waals surface area contributed by atoms with Crippen molar-refractivity contribution in [3.8, 4) is 12.1 Å². The summed E-state index contributed by atoms with van der Waals surface area (Å²) in [6, 6.07) is 6.54. The molecule has 4 heteroatoms. The first-order valence-corrected chi connectivity index (χ1v) is 3.18. The fourth-order valence-electron chi connectivity index (χ4n) is 0.827. The van der Waals surface area contributed by atoms with Crippen LogP contribution in [0.5, 0.6) is 0 Å². The van der Waals surface area contributed by atoms with Gasteiger partial charge in [-0.25, -0.2) is 0 Å². The molecule has 0 bridgehead atoms. The van der Waals surface area contributed by atoms with Crippen LogP contribution < -0.4 is 10.9 Å². The van der Waals surface area contributed by atoms with E-state index in [1.807, 2.05) is 12.1 Å². The van der Waals surface area contributed by atoms with Gasteiger partial charge in [-0.2, -0.15) is 10.5 Å². The number of hydrogen-bond acceptors (Lipinski definition) is 2. The molecule has 1 aromatic carbocycles. The summed E-state index contributed by atoms with van der Waals surface area (Å²) in [6.07, 6.45) is 0. The van der Waals surface area contributed by atoms with Crippen molar-refractivity contribution in [3.63, 3.8) is 0 Å². The Kier molecular flexibility index (Phi) is 2.21. The number of rotatable bonds is 0. The van der Waals surface area contributed by atoms with Gasteiger partial charge in [0.1, 0.15) is 15.7 Å². The molecule has 0 amide bonds. The van der Waals surface area contributed by atoms with Gasteiger partial charge in [0, 0.05) is 11.1 Å². The average Bonchev–Trinajstić information content (AvgIpc) is 2.08. The molecule has 0 aromatic heterocycles. The first-order chi connectivity index (χ1) is 5.69. The van der Waals surface area contributed by atoms with Crippen LogP contribution in [0.25, 0.3) is 0 Å². The van der Waals surface area contributed by atoms with Crippen LogP contribution in [0.15, 0.2) is 12.1 Å². The molecule has 50 valence electrons. The third kappa shape index (κ3) is 1.33. The Hall–Kier alpha value is -1.67. The van der Waals surface area contributed by atoms with E-state index in [-0.39, 0.29) is 10.9 Å². The van der Waals surface area contributed by atoms with E-state index in [0.717, 1.165) is 0 Å². The fraction of sp³-hybridized carbons (Fsp3) is 0. The van der Waals surface area contributed by atoms with Gasteiger partial charge in [-0.05, 0) is 0 Å². The van der Waals surface area contributed by atoms with Crippen LogP contribution >= 0.6 is 0 Å².